The minimum Gasteiger partial charge on any atom is -0.310 e. The Balaban J connectivity index is 1.17. The lowest BCUT2D eigenvalue weighted by atomic mass is 9.67. The van der Waals surface area contributed by atoms with Gasteiger partial charge < -0.3 is 4.90 Å². The van der Waals surface area contributed by atoms with Crippen LogP contribution in [0, 0.1) is 6.92 Å². The summed E-state index contributed by atoms with van der Waals surface area (Å²) in [6, 6.07) is 85.6. The number of nitrogens with zero attached hydrogens (tertiary/aromatic N) is 1. The van der Waals surface area contributed by atoms with Crippen molar-refractivity contribution in [2.24, 2.45) is 0 Å². The standard InChI is InChI=1S/C60H41NS/c1-40-28-32-46(33-29-40)61(47-34-37-56-52(39-47)59-48-23-12-11-18-42(48)31-36-57(59)62-56)55-38-43(41-16-5-2-6-17-41)30-35-49(55)50-25-15-27-54-58(50)51-24-13-14-26-53(51)60(54,44-19-7-3-8-20-44)45-21-9-4-10-22-45/h2-39H,1H3. The van der Waals surface area contributed by atoms with Crippen molar-refractivity contribution in [3.05, 3.63) is 258 Å². The van der Waals surface area contributed by atoms with Crippen LogP contribution in [0.15, 0.2) is 231 Å². The van der Waals surface area contributed by atoms with Gasteiger partial charge in [0, 0.05) is 37.1 Å². The van der Waals surface area contributed by atoms with Crippen molar-refractivity contribution in [3.63, 3.8) is 0 Å². The Labute approximate surface area is 366 Å². The van der Waals surface area contributed by atoms with Crippen molar-refractivity contribution >= 4 is 59.3 Å². The Hall–Kier alpha value is -7.52. The maximum absolute atomic E-state index is 2.50. The molecule has 0 atom stereocenters. The molecule has 0 spiro atoms. The van der Waals surface area contributed by atoms with E-state index in [1.807, 2.05) is 11.3 Å². The van der Waals surface area contributed by atoms with Gasteiger partial charge >= 0.3 is 0 Å². The number of fused-ring (bicyclic) bond motifs is 8. The van der Waals surface area contributed by atoms with Crippen molar-refractivity contribution in [3.8, 4) is 33.4 Å². The Morgan fingerprint density at radius 3 is 1.81 bits per heavy atom. The van der Waals surface area contributed by atoms with Crippen LogP contribution in [0.5, 0.6) is 0 Å². The summed E-state index contributed by atoms with van der Waals surface area (Å²) in [4.78, 5) is 2.50. The third-order valence-electron chi connectivity index (χ3n) is 13.0. The molecule has 0 unspecified atom stereocenters. The Morgan fingerprint density at radius 1 is 0.403 bits per heavy atom. The van der Waals surface area contributed by atoms with Gasteiger partial charge in [-0.1, -0.05) is 194 Å². The van der Waals surface area contributed by atoms with Gasteiger partial charge in [0.1, 0.15) is 0 Å². The highest BCUT2D eigenvalue weighted by molar-refractivity contribution is 7.26. The molecule has 62 heavy (non-hydrogen) atoms. The summed E-state index contributed by atoms with van der Waals surface area (Å²) < 4.78 is 2.60. The number of thiophene rings is 1. The highest BCUT2D eigenvalue weighted by atomic mass is 32.1. The first-order valence-corrected chi connectivity index (χ1v) is 22.2. The molecule has 292 valence electrons. The molecule has 11 aromatic rings. The van der Waals surface area contributed by atoms with Crippen molar-refractivity contribution < 1.29 is 0 Å². The van der Waals surface area contributed by atoms with E-state index in [9.17, 15) is 0 Å². The first kappa shape index (κ1) is 36.3. The third-order valence-corrected chi connectivity index (χ3v) is 14.1. The van der Waals surface area contributed by atoms with Gasteiger partial charge in [0.15, 0.2) is 0 Å². The summed E-state index contributed by atoms with van der Waals surface area (Å²) in [5.41, 5.74) is 16.5. The predicted octanol–water partition coefficient (Wildman–Crippen LogP) is 16.7. The van der Waals surface area contributed by atoms with Crippen LogP contribution in [0.1, 0.15) is 27.8 Å². The third kappa shape index (κ3) is 5.61. The van der Waals surface area contributed by atoms with Crippen LogP contribution in [0.25, 0.3) is 64.3 Å². The molecule has 0 fully saturated rings. The van der Waals surface area contributed by atoms with Crippen molar-refractivity contribution in [1.29, 1.82) is 0 Å². The Kier molecular flexibility index (Phi) is 8.55. The van der Waals surface area contributed by atoms with E-state index in [-0.39, 0.29) is 0 Å². The molecular weight excluding hydrogens is 767 g/mol. The Bertz CT molecular complexity index is 3420. The van der Waals surface area contributed by atoms with E-state index in [1.165, 1.54) is 92.1 Å². The minimum atomic E-state index is -0.501. The average Bonchev–Trinajstić information content (AvgIpc) is 3.87. The van der Waals surface area contributed by atoms with Gasteiger partial charge in [-0.3, -0.25) is 0 Å². The second-order valence-electron chi connectivity index (χ2n) is 16.5. The summed E-state index contributed by atoms with van der Waals surface area (Å²) in [6.07, 6.45) is 0. The van der Waals surface area contributed by atoms with Crippen LogP contribution in [-0.2, 0) is 5.41 Å². The molecule has 0 aliphatic heterocycles. The number of anilines is 3. The molecule has 0 radical (unpaired) electrons. The number of rotatable bonds is 7. The normalized spacial score (nSPS) is 12.7. The molecule has 1 heterocycles. The molecule has 0 saturated carbocycles. The second-order valence-corrected chi connectivity index (χ2v) is 17.6. The van der Waals surface area contributed by atoms with E-state index < -0.39 is 5.41 Å². The maximum atomic E-state index is 2.50. The number of benzene rings is 10. The van der Waals surface area contributed by atoms with E-state index >= 15 is 0 Å². The number of hydrogen-bond acceptors (Lipinski definition) is 2. The summed E-state index contributed by atoms with van der Waals surface area (Å²) in [7, 11) is 0. The van der Waals surface area contributed by atoms with Crippen LogP contribution in [0.2, 0.25) is 0 Å². The highest BCUT2D eigenvalue weighted by Crippen LogP contribution is 2.59. The largest absolute Gasteiger partial charge is 0.310 e. The topological polar surface area (TPSA) is 3.24 Å². The van der Waals surface area contributed by atoms with Crippen molar-refractivity contribution in [1.82, 2.24) is 0 Å². The molecular formula is C60H41NS. The van der Waals surface area contributed by atoms with E-state index in [1.54, 1.807) is 0 Å². The number of aryl methyl sites for hydroxylation is 1. The second kappa shape index (κ2) is 14.6. The van der Waals surface area contributed by atoms with E-state index in [0.717, 1.165) is 17.1 Å². The van der Waals surface area contributed by atoms with E-state index in [4.69, 9.17) is 0 Å². The summed E-state index contributed by atoms with van der Waals surface area (Å²) in [5, 5.41) is 5.16. The van der Waals surface area contributed by atoms with E-state index in [0.29, 0.717) is 0 Å². The molecule has 1 aromatic heterocycles. The quantitative estimate of drug-likeness (QED) is 0.155. The van der Waals surface area contributed by atoms with Gasteiger partial charge in [0.25, 0.3) is 0 Å². The lowest BCUT2D eigenvalue weighted by Gasteiger charge is -2.34. The molecule has 2 heteroatoms. The zero-order valence-corrected chi connectivity index (χ0v) is 35.1. The summed E-state index contributed by atoms with van der Waals surface area (Å²) >= 11 is 1.87. The monoisotopic (exact) mass is 807 g/mol. The average molecular weight is 808 g/mol. The molecule has 1 nitrogen and oxygen atoms in total. The van der Waals surface area contributed by atoms with Crippen LogP contribution < -0.4 is 4.90 Å². The molecule has 0 N–H and O–H groups in total. The zero-order chi connectivity index (χ0) is 41.2. The number of hydrogen-bond donors (Lipinski definition) is 0. The lowest BCUT2D eigenvalue weighted by Crippen LogP contribution is -2.28. The van der Waals surface area contributed by atoms with Crippen molar-refractivity contribution in [2.45, 2.75) is 12.3 Å². The van der Waals surface area contributed by atoms with Gasteiger partial charge in [0.2, 0.25) is 0 Å². The lowest BCUT2D eigenvalue weighted by molar-refractivity contribution is 0.768. The molecule has 0 saturated heterocycles. The minimum absolute atomic E-state index is 0.501. The van der Waals surface area contributed by atoms with Crippen LogP contribution in [0.4, 0.5) is 17.1 Å². The smallest absolute Gasteiger partial charge is 0.0713 e. The first-order valence-electron chi connectivity index (χ1n) is 21.4. The van der Waals surface area contributed by atoms with Gasteiger partial charge in [-0.25, -0.2) is 0 Å². The van der Waals surface area contributed by atoms with Crippen LogP contribution >= 0.6 is 11.3 Å². The fraction of sp³-hybridized carbons (Fsp3) is 0.0333. The first-order chi connectivity index (χ1) is 30.7. The van der Waals surface area contributed by atoms with Gasteiger partial charge in [-0.05, 0) is 110 Å². The molecule has 0 bridgehead atoms. The fourth-order valence-corrected chi connectivity index (χ4v) is 11.4. The molecule has 1 aliphatic rings. The molecule has 1 aliphatic carbocycles. The molecule has 12 rings (SSSR count). The molecule has 0 amide bonds. The highest BCUT2D eigenvalue weighted by Gasteiger charge is 2.47. The van der Waals surface area contributed by atoms with E-state index in [2.05, 4.69) is 242 Å². The predicted molar refractivity (Wildman–Crippen MR) is 264 cm³/mol. The summed E-state index contributed by atoms with van der Waals surface area (Å²) in [6.45, 7) is 2.17. The van der Waals surface area contributed by atoms with Gasteiger partial charge in [-0.15, -0.1) is 11.3 Å². The van der Waals surface area contributed by atoms with Crippen molar-refractivity contribution in [2.75, 3.05) is 4.90 Å². The van der Waals surface area contributed by atoms with Gasteiger partial charge in [0.05, 0.1) is 11.1 Å². The summed E-state index contributed by atoms with van der Waals surface area (Å²) in [5.74, 6) is 0. The van der Waals surface area contributed by atoms with Crippen LogP contribution in [-0.4, -0.2) is 0 Å². The Morgan fingerprint density at radius 2 is 1.03 bits per heavy atom. The SMILES string of the molecule is Cc1ccc(N(c2ccc3sc4ccc5ccccc5c4c3c2)c2cc(-c3ccccc3)ccc2-c2cccc3c2-c2ccccc2C3(c2ccccc2)c2ccccc2)cc1. The fourth-order valence-electron chi connectivity index (χ4n) is 10.3. The molecule has 10 aromatic carbocycles. The maximum Gasteiger partial charge on any atom is 0.0713 e. The van der Waals surface area contributed by atoms with Gasteiger partial charge in [-0.2, -0.15) is 0 Å². The zero-order valence-electron chi connectivity index (χ0n) is 34.3. The van der Waals surface area contributed by atoms with Crippen LogP contribution in [0.3, 0.4) is 0 Å².